The van der Waals surface area contributed by atoms with Gasteiger partial charge < -0.3 is 25.0 Å². The zero-order valence-electron chi connectivity index (χ0n) is 20.7. The Morgan fingerprint density at radius 1 is 1.16 bits per heavy atom. The predicted molar refractivity (Wildman–Crippen MR) is 132 cm³/mol. The predicted octanol–water partition coefficient (Wildman–Crippen LogP) is 5.88. The second-order valence-electron chi connectivity index (χ2n) is 10.3. The minimum atomic E-state index is -4.78. The number of carboxylic acid groups (broad SMARTS) is 1. The van der Waals surface area contributed by atoms with Crippen LogP contribution in [-0.2, 0) is 4.79 Å². The van der Waals surface area contributed by atoms with Crippen LogP contribution < -0.4 is 15.4 Å². The van der Waals surface area contributed by atoms with Crippen molar-refractivity contribution in [3.63, 3.8) is 0 Å². The highest BCUT2D eigenvalue weighted by atomic mass is 19.4. The fourth-order valence-electron chi connectivity index (χ4n) is 5.31. The SMILES string of the molecule is C[C@@H]1C[C@H](n2c(Nc3ccc(OC(F)(F)F)cc3)nc3ccc(C(=O)NCC(=O)O)cc32)CC(C)(C)C1. The number of aliphatic carboxylic acids is 1. The molecule has 37 heavy (non-hydrogen) atoms. The van der Waals surface area contributed by atoms with Gasteiger partial charge in [0.15, 0.2) is 0 Å². The molecule has 0 aliphatic heterocycles. The summed E-state index contributed by atoms with van der Waals surface area (Å²) < 4.78 is 43.6. The number of aromatic nitrogens is 2. The monoisotopic (exact) mass is 518 g/mol. The van der Waals surface area contributed by atoms with E-state index >= 15 is 0 Å². The zero-order valence-corrected chi connectivity index (χ0v) is 20.7. The number of halogens is 3. The van der Waals surface area contributed by atoms with Gasteiger partial charge in [-0.1, -0.05) is 20.8 Å². The number of imidazole rings is 1. The molecule has 1 aliphatic rings. The number of carbonyl (C=O) groups excluding carboxylic acids is 1. The Morgan fingerprint density at radius 3 is 2.49 bits per heavy atom. The lowest BCUT2D eigenvalue weighted by molar-refractivity contribution is -0.274. The van der Waals surface area contributed by atoms with Crippen molar-refractivity contribution in [1.29, 1.82) is 0 Å². The quantitative estimate of drug-likeness (QED) is 0.361. The number of ether oxygens (including phenoxy) is 1. The van der Waals surface area contributed by atoms with Crippen LogP contribution in [0.4, 0.5) is 24.8 Å². The Bertz CT molecular complexity index is 1300. The number of amides is 1. The van der Waals surface area contributed by atoms with Crippen LogP contribution in [-0.4, -0.2) is 39.4 Å². The molecule has 1 amide bonds. The molecule has 0 spiro atoms. The molecule has 1 aliphatic carbocycles. The Morgan fingerprint density at radius 2 is 1.86 bits per heavy atom. The van der Waals surface area contributed by atoms with Crippen molar-refractivity contribution in [2.45, 2.75) is 52.4 Å². The molecule has 0 radical (unpaired) electrons. The summed E-state index contributed by atoms with van der Waals surface area (Å²) in [5, 5.41) is 14.5. The molecule has 3 aromatic rings. The van der Waals surface area contributed by atoms with E-state index in [0.29, 0.717) is 34.2 Å². The smallest absolute Gasteiger partial charge is 0.480 e. The second-order valence-corrected chi connectivity index (χ2v) is 10.3. The van der Waals surface area contributed by atoms with Crippen LogP contribution in [0.1, 0.15) is 56.4 Å². The number of rotatable bonds is 7. The first-order valence-electron chi connectivity index (χ1n) is 11.9. The molecular weight excluding hydrogens is 489 g/mol. The summed E-state index contributed by atoms with van der Waals surface area (Å²) in [4.78, 5) is 28.1. The first-order valence-corrected chi connectivity index (χ1v) is 11.9. The van der Waals surface area contributed by atoms with Crippen LogP contribution in [0, 0.1) is 11.3 Å². The molecule has 2 atom stereocenters. The molecule has 198 valence electrons. The number of anilines is 2. The standard InChI is InChI=1S/C26H29F3N4O4/c1-15-10-18(13-25(2,3)12-15)33-21-11-16(23(36)30-14-22(34)35)4-9-20(21)32-24(33)31-17-5-7-19(8-6-17)37-26(27,28)29/h4-9,11,15,18H,10,12-14H2,1-3H3,(H,30,36)(H,31,32)(H,34,35)/t15-,18+/m1/s1. The zero-order chi connectivity index (χ0) is 27.0. The molecule has 11 heteroatoms. The lowest BCUT2D eigenvalue weighted by Gasteiger charge is -2.40. The maximum atomic E-state index is 12.6. The number of nitrogens with one attached hydrogen (secondary N) is 2. The van der Waals surface area contributed by atoms with Crippen molar-refractivity contribution in [3.8, 4) is 5.75 Å². The van der Waals surface area contributed by atoms with E-state index in [4.69, 9.17) is 10.1 Å². The molecule has 1 heterocycles. The van der Waals surface area contributed by atoms with Crippen LogP contribution in [0.15, 0.2) is 42.5 Å². The number of carbonyl (C=O) groups is 2. The van der Waals surface area contributed by atoms with Gasteiger partial charge in [-0.2, -0.15) is 0 Å². The van der Waals surface area contributed by atoms with E-state index in [1.807, 2.05) is 4.57 Å². The average molecular weight is 519 g/mol. The maximum absolute atomic E-state index is 12.6. The highest BCUT2D eigenvalue weighted by molar-refractivity contribution is 5.99. The highest BCUT2D eigenvalue weighted by Gasteiger charge is 2.35. The molecule has 1 fully saturated rings. The summed E-state index contributed by atoms with van der Waals surface area (Å²) in [7, 11) is 0. The lowest BCUT2D eigenvalue weighted by atomic mass is 9.70. The Labute approximate surface area is 211 Å². The van der Waals surface area contributed by atoms with Gasteiger partial charge in [-0.3, -0.25) is 9.59 Å². The van der Waals surface area contributed by atoms with Crippen molar-refractivity contribution in [3.05, 3.63) is 48.0 Å². The van der Waals surface area contributed by atoms with Crippen LogP contribution in [0.25, 0.3) is 11.0 Å². The number of benzene rings is 2. The van der Waals surface area contributed by atoms with Gasteiger partial charge in [0.05, 0.1) is 11.0 Å². The summed E-state index contributed by atoms with van der Waals surface area (Å²) in [5.74, 6) is -1.04. The molecule has 3 N–H and O–H groups in total. The number of hydrogen-bond donors (Lipinski definition) is 3. The minimum Gasteiger partial charge on any atom is -0.480 e. The molecule has 0 unspecified atom stereocenters. The van der Waals surface area contributed by atoms with Crippen LogP contribution in [0.5, 0.6) is 5.75 Å². The number of fused-ring (bicyclic) bond motifs is 1. The summed E-state index contributed by atoms with van der Waals surface area (Å²) in [6.07, 6.45) is -1.95. The third-order valence-electron chi connectivity index (χ3n) is 6.42. The fraction of sp³-hybridized carbons (Fsp3) is 0.423. The topological polar surface area (TPSA) is 105 Å². The molecule has 8 nitrogen and oxygen atoms in total. The van der Waals surface area contributed by atoms with Gasteiger partial charge in [0.2, 0.25) is 5.95 Å². The molecule has 0 saturated heterocycles. The molecule has 4 rings (SSSR count). The maximum Gasteiger partial charge on any atom is 0.573 e. The number of nitrogens with zero attached hydrogens (tertiary/aromatic N) is 2. The lowest BCUT2D eigenvalue weighted by Crippen LogP contribution is -2.30. The summed E-state index contributed by atoms with van der Waals surface area (Å²) in [5.41, 5.74) is 2.23. The van der Waals surface area contributed by atoms with Crippen molar-refractivity contribution in [1.82, 2.24) is 14.9 Å². The van der Waals surface area contributed by atoms with Gasteiger partial charge in [0.25, 0.3) is 5.91 Å². The van der Waals surface area contributed by atoms with Crippen molar-refractivity contribution in [2.75, 3.05) is 11.9 Å². The normalized spacial score (nSPS) is 19.4. The van der Waals surface area contributed by atoms with Gasteiger partial charge >= 0.3 is 12.3 Å². The second kappa shape index (κ2) is 9.95. The van der Waals surface area contributed by atoms with E-state index in [1.165, 1.54) is 24.3 Å². The summed E-state index contributed by atoms with van der Waals surface area (Å²) in [6.45, 7) is 6.13. The number of alkyl halides is 3. The van der Waals surface area contributed by atoms with E-state index in [1.54, 1.807) is 18.2 Å². The fourth-order valence-corrected chi connectivity index (χ4v) is 5.31. The van der Waals surface area contributed by atoms with Crippen molar-refractivity contribution >= 4 is 34.5 Å². The summed E-state index contributed by atoms with van der Waals surface area (Å²) >= 11 is 0. The molecule has 1 saturated carbocycles. The van der Waals surface area contributed by atoms with Crippen molar-refractivity contribution < 1.29 is 32.6 Å². The van der Waals surface area contributed by atoms with E-state index in [0.717, 1.165) is 19.3 Å². The highest BCUT2D eigenvalue weighted by Crippen LogP contribution is 2.46. The molecular formula is C26H29F3N4O4. The Kier molecular flexibility index (Phi) is 7.07. The largest absolute Gasteiger partial charge is 0.573 e. The number of carboxylic acids is 1. The molecule has 1 aromatic heterocycles. The van der Waals surface area contributed by atoms with Gasteiger partial charge in [0.1, 0.15) is 12.3 Å². The van der Waals surface area contributed by atoms with Crippen LogP contribution in [0.2, 0.25) is 0 Å². The molecule has 2 aromatic carbocycles. The van der Waals surface area contributed by atoms with Crippen LogP contribution >= 0.6 is 0 Å². The van der Waals surface area contributed by atoms with Gasteiger partial charge in [-0.15, -0.1) is 13.2 Å². The van der Waals surface area contributed by atoms with E-state index in [9.17, 15) is 22.8 Å². The van der Waals surface area contributed by atoms with E-state index in [-0.39, 0.29) is 17.2 Å². The van der Waals surface area contributed by atoms with Gasteiger partial charge in [0, 0.05) is 17.3 Å². The first-order chi connectivity index (χ1) is 17.3. The van der Waals surface area contributed by atoms with E-state index < -0.39 is 24.8 Å². The summed E-state index contributed by atoms with van der Waals surface area (Å²) in [6, 6.07) is 10.4. The van der Waals surface area contributed by atoms with Gasteiger partial charge in [-0.05, 0) is 73.1 Å². The first kappa shape index (κ1) is 26.3. The van der Waals surface area contributed by atoms with Crippen LogP contribution in [0.3, 0.4) is 0 Å². The van der Waals surface area contributed by atoms with Crippen molar-refractivity contribution in [2.24, 2.45) is 11.3 Å². The number of hydrogen-bond acceptors (Lipinski definition) is 5. The third kappa shape index (κ3) is 6.52. The minimum absolute atomic E-state index is 0.0522. The third-order valence-corrected chi connectivity index (χ3v) is 6.42. The Hall–Kier alpha value is -3.76. The van der Waals surface area contributed by atoms with E-state index in [2.05, 4.69) is 36.1 Å². The molecule has 0 bridgehead atoms. The average Bonchev–Trinajstić information content (AvgIpc) is 3.13. The Balaban J connectivity index is 1.72. The van der Waals surface area contributed by atoms with Gasteiger partial charge in [-0.25, -0.2) is 4.98 Å².